The monoisotopic (exact) mass is 421 g/mol. The van der Waals surface area contributed by atoms with E-state index in [4.69, 9.17) is 11.6 Å². The zero-order chi connectivity index (χ0) is 20.1. The molecule has 2 N–H and O–H groups in total. The summed E-state index contributed by atoms with van der Waals surface area (Å²) in [4.78, 5) is 12.4. The number of hydrogen-bond donors (Lipinski definition) is 2. The van der Waals surface area contributed by atoms with E-state index in [0.717, 1.165) is 6.42 Å². The molecule has 0 spiro atoms. The summed E-state index contributed by atoms with van der Waals surface area (Å²) in [5, 5.41) is 19.9. The van der Waals surface area contributed by atoms with Crippen LogP contribution in [0.1, 0.15) is 36.5 Å². The third kappa shape index (κ3) is 3.19. The van der Waals surface area contributed by atoms with Crippen LogP contribution in [0.4, 0.5) is 5.82 Å². The Labute approximate surface area is 168 Å². The van der Waals surface area contributed by atoms with Crippen LogP contribution in [0, 0.1) is 11.8 Å². The van der Waals surface area contributed by atoms with Crippen LogP contribution in [0.5, 0.6) is 0 Å². The second kappa shape index (κ2) is 6.79. The number of aromatic nitrogens is 2. The Morgan fingerprint density at radius 1 is 1.25 bits per heavy atom. The van der Waals surface area contributed by atoms with Gasteiger partial charge in [-0.3, -0.25) is 4.79 Å². The van der Waals surface area contributed by atoms with Gasteiger partial charge < -0.3 is 10.4 Å². The number of sulfone groups is 1. The lowest BCUT2D eigenvalue weighted by atomic mass is 9.54. The Balaban J connectivity index is 1.59. The standard InChI is InChI=1S/C19H20ClN3O4S/c1-19(25)12-8-13(19)10-14(9-12)28(26,27)16-7-11(4-5-15(16)20)18(24)22-17-3-2-6-21-23-17/h2-7,12-14,25H,8-10H2,1H3,(H,22,23,24). The van der Waals surface area contributed by atoms with Gasteiger partial charge in [0, 0.05) is 11.8 Å². The van der Waals surface area contributed by atoms with E-state index in [1.54, 1.807) is 19.1 Å². The lowest BCUT2D eigenvalue weighted by Crippen LogP contribution is -2.60. The Morgan fingerprint density at radius 2 is 1.96 bits per heavy atom. The maximum Gasteiger partial charge on any atom is 0.256 e. The number of nitrogens with zero attached hydrogens (tertiary/aromatic N) is 2. The van der Waals surface area contributed by atoms with E-state index >= 15 is 0 Å². The van der Waals surface area contributed by atoms with Crippen LogP contribution < -0.4 is 5.32 Å². The number of carbonyl (C=O) groups excluding carboxylic acids is 1. The highest BCUT2D eigenvalue weighted by Crippen LogP contribution is 2.55. The van der Waals surface area contributed by atoms with Crippen LogP contribution in [0.2, 0.25) is 5.02 Å². The molecule has 9 heteroatoms. The van der Waals surface area contributed by atoms with Crippen molar-refractivity contribution >= 4 is 33.2 Å². The van der Waals surface area contributed by atoms with Gasteiger partial charge in [-0.25, -0.2) is 8.42 Å². The van der Waals surface area contributed by atoms with E-state index in [0.29, 0.717) is 12.8 Å². The third-order valence-corrected chi connectivity index (χ3v) is 8.72. The van der Waals surface area contributed by atoms with Gasteiger partial charge in [0.05, 0.1) is 20.8 Å². The number of carbonyl (C=O) groups is 1. The SMILES string of the molecule is CC1(O)C2CC1CC(S(=O)(=O)c1cc(C(=O)Nc3cccnn3)ccc1Cl)C2. The van der Waals surface area contributed by atoms with E-state index in [-0.39, 0.29) is 33.1 Å². The normalized spacial score (nSPS) is 29.0. The van der Waals surface area contributed by atoms with Crippen LogP contribution in [-0.2, 0) is 9.84 Å². The van der Waals surface area contributed by atoms with Gasteiger partial charge >= 0.3 is 0 Å². The van der Waals surface area contributed by atoms with Crippen molar-refractivity contribution in [2.24, 2.45) is 11.8 Å². The van der Waals surface area contributed by atoms with Gasteiger partial charge in [-0.15, -0.1) is 5.10 Å². The highest BCUT2D eigenvalue weighted by atomic mass is 35.5. The third-order valence-electron chi connectivity index (χ3n) is 6.07. The van der Waals surface area contributed by atoms with Crippen molar-refractivity contribution in [2.45, 2.75) is 41.9 Å². The van der Waals surface area contributed by atoms with Crippen LogP contribution >= 0.6 is 11.6 Å². The van der Waals surface area contributed by atoms with E-state index in [1.807, 2.05) is 0 Å². The summed E-state index contributed by atoms with van der Waals surface area (Å²) >= 11 is 6.19. The maximum absolute atomic E-state index is 13.2. The fraction of sp³-hybridized carbons (Fsp3) is 0.421. The number of benzene rings is 1. The van der Waals surface area contributed by atoms with Crippen molar-refractivity contribution in [2.75, 3.05) is 5.32 Å². The zero-order valence-electron chi connectivity index (χ0n) is 15.2. The highest BCUT2D eigenvalue weighted by Gasteiger charge is 2.57. The second-order valence-corrected chi connectivity index (χ2v) is 10.3. The first kappa shape index (κ1) is 19.3. The van der Waals surface area contributed by atoms with Crippen molar-refractivity contribution < 1.29 is 18.3 Å². The predicted molar refractivity (Wildman–Crippen MR) is 104 cm³/mol. The number of aliphatic hydroxyl groups is 1. The van der Waals surface area contributed by atoms with Crippen LogP contribution in [-0.4, -0.2) is 40.5 Å². The Morgan fingerprint density at radius 3 is 2.57 bits per heavy atom. The summed E-state index contributed by atoms with van der Waals surface area (Å²) in [7, 11) is -3.73. The Kier molecular flexibility index (Phi) is 4.68. The predicted octanol–water partition coefficient (Wildman–Crippen LogP) is 2.71. The van der Waals surface area contributed by atoms with Gasteiger partial charge in [-0.1, -0.05) is 11.6 Å². The van der Waals surface area contributed by atoms with Gasteiger partial charge in [0.1, 0.15) is 0 Å². The largest absolute Gasteiger partial charge is 0.390 e. The Bertz CT molecular complexity index is 1010. The molecule has 2 bridgehead atoms. The van der Waals surface area contributed by atoms with Crippen LogP contribution in [0.15, 0.2) is 41.4 Å². The van der Waals surface area contributed by atoms with Crippen molar-refractivity contribution in [1.82, 2.24) is 10.2 Å². The zero-order valence-corrected chi connectivity index (χ0v) is 16.7. The first-order chi connectivity index (χ1) is 13.2. The van der Waals surface area contributed by atoms with Gasteiger partial charge in [-0.05, 0) is 68.4 Å². The Hall–Kier alpha value is -2.03. The van der Waals surface area contributed by atoms with Gasteiger partial charge in [0.15, 0.2) is 15.7 Å². The number of rotatable bonds is 4. The molecule has 0 radical (unpaired) electrons. The average molecular weight is 422 g/mol. The van der Waals surface area contributed by atoms with Crippen LogP contribution in [0.3, 0.4) is 0 Å². The van der Waals surface area contributed by atoms with Crippen molar-refractivity contribution in [3.63, 3.8) is 0 Å². The molecule has 3 aliphatic rings. The molecule has 148 valence electrons. The topological polar surface area (TPSA) is 109 Å². The summed E-state index contributed by atoms with van der Waals surface area (Å²) < 4.78 is 26.4. The molecule has 5 rings (SSSR count). The van der Waals surface area contributed by atoms with E-state index in [2.05, 4.69) is 15.5 Å². The lowest BCUT2D eigenvalue weighted by molar-refractivity contribution is -0.162. The van der Waals surface area contributed by atoms with Crippen molar-refractivity contribution in [3.05, 3.63) is 47.1 Å². The fourth-order valence-electron chi connectivity index (χ4n) is 4.25. The molecule has 0 aliphatic heterocycles. The number of nitrogens with one attached hydrogen (secondary N) is 1. The molecule has 28 heavy (non-hydrogen) atoms. The minimum Gasteiger partial charge on any atom is -0.390 e. The maximum atomic E-state index is 13.2. The molecule has 2 atom stereocenters. The van der Waals surface area contributed by atoms with Gasteiger partial charge in [0.2, 0.25) is 0 Å². The number of anilines is 1. The molecule has 7 nitrogen and oxygen atoms in total. The highest BCUT2D eigenvalue weighted by molar-refractivity contribution is 7.92. The van der Waals surface area contributed by atoms with Crippen LogP contribution in [0.25, 0.3) is 0 Å². The molecule has 1 heterocycles. The van der Waals surface area contributed by atoms with Crippen molar-refractivity contribution in [1.29, 1.82) is 0 Å². The minimum atomic E-state index is -3.73. The molecule has 1 amide bonds. The van der Waals surface area contributed by atoms with Crippen molar-refractivity contribution in [3.8, 4) is 0 Å². The molecule has 2 aromatic rings. The summed E-state index contributed by atoms with van der Waals surface area (Å²) in [6.45, 7) is 1.78. The number of amides is 1. The quantitative estimate of drug-likeness (QED) is 0.785. The molecule has 2 unspecified atom stereocenters. The molecule has 3 fully saturated rings. The molecule has 0 saturated heterocycles. The number of halogens is 1. The average Bonchev–Trinajstić information content (AvgIpc) is 2.68. The summed E-state index contributed by atoms with van der Waals surface area (Å²) in [5.74, 6) is -0.273. The summed E-state index contributed by atoms with van der Waals surface area (Å²) in [5.41, 5.74) is -0.615. The molecular weight excluding hydrogens is 402 g/mol. The molecule has 1 aromatic heterocycles. The summed E-state index contributed by atoms with van der Waals surface area (Å²) in [6, 6.07) is 7.40. The van der Waals surface area contributed by atoms with Gasteiger partial charge in [-0.2, -0.15) is 5.10 Å². The van der Waals surface area contributed by atoms with E-state index in [1.165, 1.54) is 24.4 Å². The molecule has 3 aliphatic carbocycles. The minimum absolute atomic E-state index is 0.0204. The smallest absolute Gasteiger partial charge is 0.256 e. The fourth-order valence-corrected chi connectivity index (χ4v) is 6.65. The molecule has 3 saturated carbocycles. The number of fused-ring (bicyclic) bond motifs is 2. The second-order valence-electron chi connectivity index (χ2n) is 7.70. The lowest BCUT2D eigenvalue weighted by Gasteiger charge is -2.56. The number of hydrogen-bond acceptors (Lipinski definition) is 6. The van der Waals surface area contributed by atoms with Gasteiger partial charge in [0.25, 0.3) is 5.91 Å². The summed E-state index contributed by atoms with van der Waals surface area (Å²) in [6.07, 6.45) is 3.14. The molecular formula is C19H20ClN3O4S. The van der Waals surface area contributed by atoms with E-state index in [9.17, 15) is 18.3 Å². The van der Waals surface area contributed by atoms with E-state index < -0.39 is 26.6 Å². The molecule has 1 aromatic carbocycles. The first-order valence-corrected chi connectivity index (χ1v) is 11.0. The first-order valence-electron chi connectivity index (χ1n) is 9.04.